The first-order valence-electron chi connectivity index (χ1n) is 10.4. The van der Waals surface area contributed by atoms with E-state index in [2.05, 4.69) is 22.1 Å². The fourth-order valence-electron chi connectivity index (χ4n) is 3.88. The molecule has 2 aromatic rings. The normalized spacial score (nSPS) is 12.2. The molecule has 1 unspecified atom stereocenters. The third-order valence-electron chi connectivity index (χ3n) is 5.39. The summed E-state index contributed by atoms with van der Waals surface area (Å²) < 4.78 is 16.3. The second kappa shape index (κ2) is 9.62. The van der Waals surface area contributed by atoms with Crippen LogP contribution < -0.4 is 4.74 Å². The Labute approximate surface area is 181 Å². The van der Waals surface area contributed by atoms with Crippen LogP contribution in [0.4, 0.5) is 0 Å². The summed E-state index contributed by atoms with van der Waals surface area (Å²) >= 11 is 0. The number of carbonyl (C=O) groups is 1. The Kier molecular flexibility index (Phi) is 6.48. The van der Waals surface area contributed by atoms with Crippen LogP contribution >= 0.6 is 0 Å². The Balaban J connectivity index is 1.40. The molecule has 1 aliphatic carbocycles. The molecule has 1 aromatic heterocycles. The van der Waals surface area contributed by atoms with Crippen molar-refractivity contribution >= 4 is 16.7 Å². The lowest BCUT2D eigenvalue weighted by Gasteiger charge is -2.14. The topological polar surface area (TPSA) is 73.4 Å². The molecule has 0 saturated carbocycles. The lowest BCUT2D eigenvalue weighted by atomic mass is 10.1. The van der Waals surface area contributed by atoms with E-state index in [4.69, 9.17) is 14.2 Å². The first-order chi connectivity index (χ1) is 15.2. The molecule has 1 aromatic carbocycles. The van der Waals surface area contributed by atoms with Gasteiger partial charge in [-0.15, -0.1) is 0 Å². The summed E-state index contributed by atoms with van der Waals surface area (Å²) in [6.07, 6.45) is 6.32. The predicted octanol–water partition coefficient (Wildman–Crippen LogP) is 4.41. The number of nitrogens with zero attached hydrogens (tertiary/aromatic N) is 1. The van der Waals surface area contributed by atoms with E-state index >= 15 is 0 Å². The van der Waals surface area contributed by atoms with Crippen LogP contribution in [0.1, 0.15) is 18.1 Å². The molecular weight excluding hydrogens is 392 g/mol. The van der Waals surface area contributed by atoms with Crippen LogP contribution in [0.3, 0.4) is 0 Å². The molecule has 160 valence electrons. The van der Waals surface area contributed by atoms with Crippen LogP contribution in [0, 0.1) is 0 Å². The maximum atomic E-state index is 11.9. The fourth-order valence-corrected chi connectivity index (χ4v) is 3.88. The highest BCUT2D eigenvalue weighted by Gasteiger charge is 2.20. The number of nitrogens with one attached hydrogen (secondary N) is 1. The largest absolute Gasteiger partial charge is 0.493 e. The van der Waals surface area contributed by atoms with Crippen molar-refractivity contribution in [3.63, 3.8) is 0 Å². The highest BCUT2D eigenvalue weighted by atomic mass is 16.6. The number of H-pyrrole nitrogens is 1. The van der Waals surface area contributed by atoms with E-state index in [0.29, 0.717) is 19.6 Å². The summed E-state index contributed by atoms with van der Waals surface area (Å²) in [4.78, 5) is 19.6. The van der Waals surface area contributed by atoms with Gasteiger partial charge in [0.15, 0.2) is 6.10 Å². The minimum Gasteiger partial charge on any atom is -0.493 e. The molecule has 6 heteroatoms. The minimum atomic E-state index is -0.601. The summed E-state index contributed by atoms with van der Waals surface area (Å²) in [6.45, 7) is 2.67. The number of ether oxygens (including phenoxy) is 3. The third kappa shape index (κ3) is 4.54. The molecule has 31 heavy (non-hydrogen) atoms. The van der Waals surface area contributed by atoms with Gasteiger partial charge in [0.05, 0.1) is 13.2 Å². The highest BCUT2D eigenvalue weighted by Crippen LogP contribution is 2.37. The van der Waals surface area contributed by atoms with Crippen LogP contribution in [0.25, 0.3) is 22.0 Å². The first kappa shape index (κ1) is 20.9. The van der Waals surface area contributed by atoms with Crippen molar-refractivity contribution in [1.29, 1.82) is 0 Å². The lowest BCUT2D eigenvalue weighted by molar-refractivity contribution is -0.154. The van der Waals surface area contributed by atoms with Gasteiger partial charge in [0.25, 0.3) is 0 Å². The smallest absolute Gasteiger partial charge is 0.335 e. The van der Waals surface area contributed by atoms with Crippen LogP contribution in [0.2, 0.25) is 0 Å². The zero-order chi connectivity index (χ0) is 21.6. The van der Waals surface area contributed by atoms with E-state index in [-0.39, 0.29) is 5.97 Å². The van der Waals surface area contributed by atoms with E-state index in [1.165, 1.54) is 23.6 Å². The number of fused-ring (bicyclic) bond motifs is 3. The summed E-state index contributed by atoms with van der Waals surface area (Å²) in [5, 5.41) is 2.36. The molecule has 2 heterocycles. The predicted molar refractivity (Wildman–Crippen MR) is 119 cm³/mol. The highest BCUT2D eigenvalue weighted by molar-refractivity contribution is 6.04. The maximum absolute atomic E-state index is 11.9. The lowest BCUT2D eigenvalue weighted by Crippen LogP contribution is -2.27. The van der Waals surface area contributed by atoms with E-state index < -0.39 is 6.10 Å². The van der Waals surface area contributed by atoms with Crippen molar-refractivity contribution < 1.29 is 19.0 Å². The van der Waals surface area contributed by atoms with Gasteiger partial charge < -0.3 is 19.2 Å². The monoisotopic (exact) mass is 418 g/mol. The maximum Gasteiger partial charge on any atom is 0.335 e. The fraction of sp³-hybridized carbons (Fsp3) is 0.280. The summed E-state index contributed by atoms with van der Waals surface area (Å²) in [5.74, 6) is 0.446. The van der Waals surface area contributed by atoms with Crippen LogP contribution in [-0.2, 0) is 27.1 Å². The number of pyridine rings is 2. The second-order valence-corrected chi connectivity index (χ2v) is 7.28. The Morgan fingerprint density at radius 2 is 1.97 bits per heavy atom. The quantitative estimate of drug-likeness (QED) is 0.408. The number of aromatic amines is 1. The van der Waals surface area contributed by atoms with E-state index in [1.807, 2.05) is 48.9 Å². The molecule has 4 rings (SSSR count). The van der Waals surface area contributed by atoms with Gasteiger partial charge in [0.1, 0.15) is 5.75 Å². The van der Waals surface area contributed by atoms with Crippen LogP contribution in [-0.4, -0.2) is 42.4 Å². The molecule has 0 saturated heterocycles. The van der Waals surface area contributed by atoms with Crippen molar-refractivity contribution in [2.75, 3.05) is 20.3 Å². The molecule has 0 radical (unpaired) electrons. The number of benzene rings is 1. The van der Waals surface area contributed by atoms with Gasteiger partial charge in [-0.3, -0.25) is 4.98 Å². The molecule has 0 amide bonds. The van der Waals surface area contributed by atoms with Crippen molar-refractivity contribution in [1.82, 2.24) is 9.97 Å². The second-order valence-electron chi connectivity index (χ2n) is 7.28. The summed E-state index contributed by atoms with van der Waals surface area (Å²) in [6, 6.07) is 13.9. The number of rotatable bonds is 9. The Hall–Kier alpha value is -3.38. The van der Waals surface area contributed by atoms with Gasteiger partial charge in [-0.05, 0) is 47.7 Å². The van der Waals surface area contributed by atoms with Crippen LogP contribution in [0.15, 0.2) is 61.1 Å². The minimum absolute atomic E-state index is 0.341. The molecule has 1 aliphatic heterocycles. The molecule has 1 atom stereocenters. The van der Waals surface area contributed by atoms with Gasteiger partial charge in [-0.25, -0.2) is 4.79 Å². The number of carbonyl (C=O) groups excluding carboxylic acids is 1. The SMILES string of the molecule is CCOC(=O)C(Cc1ccc(OCCc2c3[nH]cccc-3c3ccncc23)cc1)OC. The van der Waals surface area contributed by atoms with Gasteiger partial charge in [-0.1, -0.05) is 18.2 Å². The molecule has 0 fully saturated rings. The Morgan fingerprint density at radius 3 is 2.74 bits per heavy atom. The van der Waals surface area contributed by atoms with Crippen molar-refractivity contribution in [2.45, 2.75) is 25.9 Å². The first-order valence-corrected chi connectivity index (χ1v) is 10.4. The third-order valence-corrected chi connectivity index (χ3v) is 5.39. The van der Waals surface area contributed by atoms with E-state index in [0.717, 1.165) is 28.8 Å². The van der Waals surface area contributed by atoms with Gasteiger partial charge in [0.2, 0.25) is 0 Å². The standard InChI is InChI=1S/C25H26N2O4/c1-3-30-25(28)23(29-2)15-17-6-8-18(9-7-17)31-14-11-21-22-16-26-13-10-19(22)20-5-4-12-27-24(20)21/h4-10,12-13,16,23,27H,3,11,14-15H2,1-2H3. The average molecular weight is 418 g/mol. The average Bonchev–Trinajstić information content (AvgIpc) is 3.12. The van der Waals surface area contributed by atoms with Crippen LogP contribution in [0.5, 0.6) is 5.75 Å². The number of methoxy groups -OCH3 is 1. The van der Waals surface area contributed by atoms with Crippen molar-refractivity contribution in [2.24, 2.45) is 0 Å². The molecule has 2 aliphatic rings. The molecular formula is C25H26N2O4. The summed E-state index contributed by atoms with van der Waals surface area (Å²) in [7, 11) is 1.52. The molecule has 1 N–H and O–H groups in total. The zero-order valence-corrected chi connectivity index (χ0v) is 17.8. The van der Waals surface area contributed by atoms with Gasteiger partial charge in [0, 0.05) is 55.2 Å². The van der Waals surface area contributed by atoms with Crippen molar-refractivity contribution in [3.8, 4) is 17.0 Å². The Morgan fingerprint density at radius 1 is 1.13 bits per heavy atom. The van der Waals surface area contributed by atoms with Crippen molar-refractivity contribution in [3.05, 3.63) is 72.2 Å². The number of esters is 1. The zero-order valence-electron chi connectivity index (χ0n) is 17.8. The Bertz CT molecular complexity index is 1120. The molecule has 0 spiro atoms. The molecule has 6 nitrogen and oxygen atoms in total. The number of aromatic nitrogens is 2. The summed E-state index contributed by atoms with van der Waals surface area (Å²) in [5.41, 5.74) is 4.54. The molecule has 0 bridgehead atoms. The van der Waals surface area contributed by atoms with Gasteiger partial charge >= 0.3 is 5.97 Å². The number of hydrogen-bond donors (Lipinski definition) is 1. The van der Waals surface area contributed by atoms with E-state index in [9.17, 15) is 4.79 Å². The van der Waals surface area contributed by atoms with E-state index in [1.54, 1.807) is 6.92 Å². The number of hydrogen-bond acceptors (Lipinski definition) is 5. The van der Waals surface area contributed by atoms with Gasteiger partial charge in [-0.2, -0.15) is 0 Å².